The van der Waals surface area contributed by atoms with Crippen LogP contribution in [0, 0.1) is 10.1 Å². The van der Waals surface area contributed by atoms with Crippen LogP contribution in [0.25, 0.3) is 17.4 Å². The molecule has 4 rings (SSSR count). The number of amidine groups is 1. The number of nitro benzene ring substituents is 1. The number of nitrogens with zero attached hydrogens (tertiary/aromatic N) is 2. The van der Waals surface area contributed by atoms with Crippen molar-refractivity contribution in [3.8, 4) is 11.3 Å². The lowest BCUT2D eigenvalue weighted by atomic mass is 10.1. The van der Waals surface area contributed by atoms with Gasteiger partial charge in [-0.3, -0.25) is 14.9 Å². The number of nitrogens with one attached hydrogen (secondary N) is 1. The summed E-state index contributed by atoms with van der Waals surface area (Å²) in [4.78, 5) is 27.7. The van der Waals surface area contributed by atoms with E-state index in [1.165, 1.54) is 23.9 Å². The van der Waals surface area contributed by atoms with Crippen LogP contribution in [0.15, 0.2) is 75.0 Å². The van der Waals surface area contributed by atoms with E-state index in [1.54, 1.807) is 30.3 Å². The Kier molecular flexibility index (Phi) is 5.49. The van der Waals surface area contributed by atoms with E-state index in [-0.39, 0.29) is 11.6 Å². The number of nitro groups is 1. The number of aliphatic imine (C=N–C) groups is 1. The Morgan fingerprint density at radius 2 is 1.90 bits per heavy atom. The molecule has 3 aromatic rings. The minimum Gasteiger partial charge on any atom is -0.457 e. The van der Waals surface area contributed by atoms with Crippen LogP contribution in [-0.2, 0) is 11.2 Å². The first-order chi connectivity index (χ1) is 14.5. The molecule has 0 saturated carbocycles. The van der Waals surface area contributed by atoms with Crippen LogP contribution >= 0.6 is 11.8 Å². The van der Waals surface area contributed by atoms with Crippen molar-refractivity contribution >= 4 is 40.3 Å². The van der Waals surface area contributed by atoms with Gasteiger partial charge in [0.2, 0.25) is 0 Å². The molecule has 0 aliphatic carbocycles. The second-order valence-corrected chi connectivity index (χ2v) is 7.50. The Labute approximate surface area is 176 Å². The molecule has 1 N–H and O–H groups in total. The van der Waals surface area contributed by atoms with Crippen LogP contribution in [0.3, 0.4) is 0 Å². The third-order valence-corrected chi connectivity index (χ3v) is 5.42. The number of amides is 1. The third-order valence-electron chi connectivity index (χ3n) is 4.51. The lowest BCUT2D eigenvalue weighted by molar-refractivity contribution is -0.384. The molecule has 1 amide bonds. The fourth-order valence-corrected chi connectivity index (χ4v) is 3.79. The highest BCUT2D eigenvalue weighted by Crippen LogP contribution is 2.31. The van der Waals surface area contributed by atoms with Crippen LogP contribution in [0.5, 0.6) is 0 Å². The van der Waals surface area contributed by atoms with Crippen LogP contribution in [0.2, 0.25) is 0 Å². The maximum absolute atomic E-state index is 12.3. The molecule has 1 aromatic heterocycles. The normalized spacial score (nSPS) is 16.2. The molecule has 0 spiro atoms. The standard InChI is InChI=1S/C22H17N3O4S/c1-2-14-5-3-4-6-18(14)23-22-24-21(26)20(30-22)13-17-11-12-19(29-17)15-7-9-16(10-8-15)25(27)28/h3-13H,2H2,1H3,(H,23,24,26)/b20-13+. The average Bonchev–Trinajstić information content (AvgIpc) is 3.35. The zero-order valence-corrected chi connectivity index (χ0v) is 16.8. The largest absolute Gasteiger partial charge is 0.457 e. The van der Waals surface area contributed by atoms with Crippen molar-refractivity contribution in [1.82, 2.24) is 5.32 Å². The molecule has 150 valence electrons. The number of para-hydroxylation sites is 1. The molecule has 1 saturated heterocycles. The second-order valence-electron chi connectivity index (χ2n) is 6.47. The number of aryl methyl sites for hydroxylation is 1. The van der Waals surface area contributed by atoms with Crippen molar-refractivity contribution in [2.75, 3.05) is 0 Å². The number of carbonyl (C=O) groups excluding carboxylic acids is 1. The quantitative estimate of drug-likeness (QED) is 0.343. The van der Waals surface area contributed by atoms with Crippen molar-refractivity contribution in [1.29, 1.82) is 0 Å². The molecule has 1 aliphatic heterocycles. The summed E-state index contributed by atoms with van der Waals surface area (Å²) < 4.78 is 5.79. The molecule has 2 heterocycles. The number of carbonyl (C=O) groups is 1. The molecule has 30 heavy (non-hydrogen) atoms. The summed E-state index contributed by atoms with van der Waals surface area (Å²) in [7, 11) is 0. The molecule has 0 atom stereocenters. The van der Waals surface area contributed by atoms with Gasteiger partial charge in [0.15, 0.2) is 5.17 Å². The minimum atomic E-state index is -0.449. The fourth-order valence-electron chi connectivity index (χ4n) is 2.97. The summed E-state index contributed by atoms with van der Waals surface area (Å²) in [5.41, 5.74) is 2.67. The Bertz CT molecular complexity index is 1180. The molecule has 7 nitrogen and oxygen atoms in total. The van der Waals surface area contributed by atoms with Crippen molar-refractivity contribution in [3.05, 3.63) is 87.0 Å². The summed E-state index contributed by atoms with van der Waals surface area (Å²) >= 11 is 1.25. The fraction of sp³-hybridized carbons (Fsp3) is 0.0909. The number of furan rings is 1. The number of thioether (sulfide) groups is 1. The first-order valence-electron chi connectivity index (χ1n) is 9.25. The van der Waals surface area contributed by atoms with Gasteiger partial charge in [-0.25, -0.2) is 4.99 Å². The Hall–Kier alpha value is -3.65. The van der Waals surface area contributed by atoms with E-state index in [0.717, 1.165) is 17.7 Å². The van der Waals surface area contributed by atoms with E-state index in [0.29, 0.717) is 27.2 Å². The summed E-state index contributed by atoms with van der Waals surface area (Å²) in [5, 5.41) is 14.1. The summed E-state index contributed by atoms with van der Waals surface area (Å²) in [5.74, 6) is 0.836. The van der Waals surface area contributed by atoms with Gasteiger partial charge in [-0.1, -0.05) is 25.1 Å². The zero-order chi connectivity index (χ0) is 21.1. The van der Waals surface area contributed by atoms with E-state index in [2.05, 4.69) is 17.2 Å². The van der Waals surface area contributed by atoms with Crippen LogP contribution in [0.1, 0.15) is 18.2 Å². The van der Waals surface area contributed by atoms with Crippen molar-refractivity contribution in [2.24, 2.45) is 4.99 Å². The average molecular weight is 419 g/mol. The predicted octanol–water partition coefficient (Wildman–Crippen LogP) is 5.31. The van der Waals surface area contributed by atoms with E-state index < -0.39 is 4.92 Å². The van der Waals surface area contributed by atoms with E-state index in [9.17, 15) is 14.9 Å². The highest BCUT2D eigenvalue weighted by Gasteiger charge is 2.24. The van der Waals surface area contributed by atoms with Crippen LogP contribution in [-0.4, -0.2) is 16.0 Å². The monoisotopic (exact) mass is 419 g/mol. The molecule has 0 unspecified atom stereocenters. The summed E-state index contributed by atoms with van der Waals surface area (Å²) in [6, 6.07) is 17.4. The van der Waals surface area contributed by atoms with Crippen LogP contribution in [0.4, 0.5) is 11.4 Å². The van der Waals surface area contributed by atoms with Gasteiger partial charge in [-0.05, 0) is 54.1 Å². The van der Waals surface area contributed by atoms with E-state index in [4.69, 9.17) is 4.42 Å². The van der Waals surface area contributed by atoms with Gasteiger partial charge >= 0.3 is 0 Å². The molecule has 0 radical (unpaired) electrons. The van der Waals surface area contributed by atoms with Gasteiger partial charge in [-0.2, -0.15) is 0 Å². The zero-order valence-electron chi connectivity index (χ0n) is 16.0. The maximum atomic E-state index is 12.3. The summed E-state index contributed by atoms with van der Waals surface area (Å²) in [6.45, 7) is 2.06. The molecular weight excluding hydrogens is 402 g/mol. The molecule has 2 aromatic carbocycles. The smallest absolute Gasteiger partial charge is 0.269 e. The number of non-ortho nitro benzene ring substituents is 1. The highest BCUT2D eigenvalue weighted by molar-refractivity contribution is 8.18. The predicted molar refractivity (Wildman–Crippen MR) is 117 cm³/mol. The Balaban J connectivity index is 1.53. The maximum Gasteiger partial charge on any atom is 0.269 e. The van der Waals surface area contributed by atoms with Crippen molar-refractivity contribution in [2.45, 2.75) is 13.3 Å². The van der Waals surface area contributed by atoms with Crippen LogP contribution < -0.4 is 5.32 Å². The van der Waals surface area contributed by atoms with Gasteiger partial charge in [0, 0.05) is 23.8 Å². The summed E-state index contributed by atoms with van der Waals surface area (Å²) in [6.07, 6.45) is 2.51. The number of rotatable bonds is 5. The first kappa shape index (κ1) is 19.7. The number of hydrogen-bond donors (Lipinski definition) is 1. The van der Waals surface area contributed by atoms with Crippen molar-refractivity contribution in [3.63, 3.8) is 0 Å². The van der Waals surface area contributed by atoms with E-state index in [1.807, 2.05) is 24.3 Å². The van der Waals surface area contributed by atoms with Crippen molar-refractivity contribution < 1.29 is 14.1 Å². The topological polar surface area (TPSA) is 97.7 Å². The molecular formula is C22H17N3O4S. The second kappa shape index (κ2) is 8.38. The Morgan fingerprint density at radius 1 is 1.13 bits per heavy atom. The van der Waals surface area contributed by atoms with Gasteiger partial charge < -0.3 is 9.73 Å². The number of benzene rings is 2. The molecule has 1 fully saturated rings. The molecule has 8 heteroatoms. The van der Waals surface area contributed by atoms with Gasteiger partial charge in [-0.15, -0.1) is 0 Å². The number of hydrogen-bond acceptors (Lipinski definition) is 6. The minimum absolute atomic E-state index is 0.0168. The van der Waals surface area contributed by atoms with Gasteiger partial charge in [0.25, 0.3) is 11.6 Å². The van der Waals surface area contributed by atoms with Gasteiger partial charge in [0.1, 0.15) is 11.5 Å². The Morgan fingerprint density at radius 3 is 2.63 bits per heavy atom. The third kappa shape index (κ3) is 4.18. The SMILES string of the molecule is CCc1ccccc1N=C1NC(=O)/C(=C\c2ccc(-c3ccc([N+](=O)[O-])cc3)o2)S1. The lowest BCUT2D eigenvalue weighted by Crippen LogP contribution is -2.19. The van der Waals surface area contributed by atoms with E-state index >= 15 is 0 Å². The lowest BCUT2D eigenvalue weighted by Gasteiger charge is -2.02. The highest BCUT2D eigenvalue weighted by atomic mass is 32.2. The van der Waals surface area contributed by atoms with Gasteiger partial charge in [0.05, 0.1) is 15.5 Å². The molecule has 1 aliphatic rings. The first-order valence-corrected chi connectivity index (χ1v) is 10.1. The molecule has 0 bridgehead atoms.